The Balaban J connectivity index is 1.30. The Morgan fingerprint density at radius 3 is 2.64 bits per heavy atom. The monoisotopic (exact) mass is 431 g/mol. The molecular weight excluding hydrogens is 406 g/mol. The van der Waals surface area contributed by atoms with Gasteiger partial charge in [0.05, 0.1) is 11.6 Å². The molecule has 2 unspecified atom stereocenters. The Labute approximate surface area is 193 Å². The Hall–Kier alpha value is -3.68. The SMILES string of the molecule is N#Cc1cccc(CN2CC3CC(C2)c2ccc(-c4ccc5ccccc5c4)c(=O)n2C3)c1. The van der Waals surface area contributed by atoms with Crippen molar-refractivity contribution < 1.29 is 0 Å². The van der Waals surface area contributed by atoms with Crippen molar-refractivity contribution in [2.75, 3.05) is 13.1 Å². The summed E-state index contributed by atoms with van der Waals surface area (Å²) in [5.74, 6) is 0.843. The van der Waals surface area contributed by atoms with Crippen LogP contribution in [-0.2, 0) is 13.1 Å². The van der Waals surface area contributed by atoms with E-state index >= 15 is 0 Å². The number of nitriles is 1. The maximum atomic E-state index is 13.5. The van der Waals surface area contributed by atoms with Gasteiger partial charge in [-0.25, -0.2) is 0 Å². The summed E-state index contributed by atoms with van der Waals surface area (Å²) in [6, 6.07) is 28.9. The van der Waals surface area contributed by atoms with E-state index in [-0.39, 0.29) is 5.56 Å². The topological polar surface area (TPSA) is 49.0 Å². The first-order valence-electron chi connectivity index (χ1n) is 11.6. The molecule has 4 nitrogen and oxygen atoms in total. The van der Waals surface area contributed by atoms with Crippen LogP contribution >= 0.6 is 0 Å². The van der Waals surface area contributed by atoms with Gasteiger partial charge in [0, 0.05) is 43.4 Å². The van der Waals surface area contributed by atoms with E-state index in [0.717, 1.165) is 54.8 Å². The fourth-order valence-electron chi connectivity index (χ4n) is 5.75. The molecule has 0 saturated carbocycles. The second-order valence-electron chi connectivity index (χ2n) is 9.45. The van der Waals surface area contributed by atoms with Crippen LogP contribution in [0, 0.1) is 17.2 Å². The highest BCUT2D eigenvalue weighted by molar-refractivity contribution is 5.87. The van der Waals surface area contributed by atoms with Crippen LogP contribution in [0.5, 0.6) is 0 Å². The molecule has 33 heavy (non-hydrogen) atoms. The molecule has 6 rings (SSSR count). The number of benzene rings is 3. The van der Waals surface area contributed by atoms with Gasteiger partial charge >= 0.3 is 0 Å². The summed E-state index contributed by atoms with van der Waals surface area (Å²) in [6.07, 6.45) is 1.14. The number of fused-ring (bicyclic) bond motifs is 5. The summed E-state index contributed by atoms with van der Waals surface area (Å²) >= 11 is 0. The van der Waals surface area contributed by atoms with Crippen molar-refractivity contribution in [1.29, 1.82) is 5.26 Å². The van der Waals surface area contributed by atoms with E-state index in [2.05, 4.69) is 53.4 Å². The van der Waals surface area contributed by atoms with Crippen molar-refractivity contribution in [2.45, 2.75) is 25.4 Å². The summed E-state index contributed by atoms with van der Waals surface area (Å²) in [4.78, 5) is 16.0. The predicted molar refractivity (Wildman–Crippen MR) is 131 cm³/mol. The average Bonchev–Trinajstić information content (AvgIpc) is 2.84. The second-order valence-corrected chi connectivity index (χ2v) is 9.45. The molecule has 1 aromatic heterocycles. The third-order valence-electron chi connectivity index (χ3n) is 7.20. The fraction of sp³-hybridized carbons (Fsp3) is 0.241. The van der Waals surface area contributed by atoms with Crippen molar-refractivity contribution >= 4 is 10.8 Å². The lowest BCUT2D eigenvalue weighted by atomic mass is 9.82. The third kappa shape index (κ3) is 3.65. The molecule has 2 aliphatic rings. The van der Waals surface area contributed by atoms with Crippen molar-refractivity contribution in [1.82, 2.24) is 9.47 Å². The largest absolute Gasteiger partial charge is 0.311 e. The highest BCUT2D eigenvalue weighted by Gasteiger charge is 2.35. The lowest BCUT2D eigenvalue weighted by Crippen LogP contribution is -2.46. The molecule has 1 saturated heterocycles. The average molecular weight is 432 g/mol. The third-order valence-corrected chi connectivity index (χ3v) is 7.20. The highest BCUT2D eigenvalue weighted by Crippen LogP contribution is 2.36. The zero-order valence-corrected chi connectivity index (χ0v) is 18.4. The van der Waals surface area contributed by atoms with Gasteiger partial charge in [0.25, 0.3) is 5.56 Å². The van der Waals surface area contributed by atoms with Gasteiger partial charge in [-0.1, -0.05) is 48.5 Å². The van der Waals surface area contributed by atoms with E-state index in [0.29, 0.717) is 17.4 Å². The number of hydrogen-bond acceptors (Lipinski definition) is 3. The van der Waals surface area contributed by atoms with Crippen molar-refractivity contribution in [3.63, 3.8) is 0 Å². The number of aromatic nitrogens is 1. The van der Waals surface area contributed by atoms with Crippen molar-refractivity contribution in [2.24, 2.45) is 5.92 Å². The fourth-order valence-corrected chi connectivity index (χ4v) is 5.75. The Morgan fingerprint density at radius 2 is 1.76 bits per heavy atom. The number of hydrogen-bond donors (Lipinski definition) is 0. The van der Waals surface area contributed by atoms with Crippen LogP contribution in [0.25, 0.3) is 21.9 Å². The van der Waals surface area contributed by atoms with Gasteiger partial charge in [0.2, 0.25) is 0 Å². The maximum absolute atomic E-state index is 13.5. The summed E-state index contributed by atoms with van der Waals surface area (Å²) in [7, 11) is 0. The standard InChI is InChI=1S/C29H25N3O/c30-15-20-4-3-5-21(12-20)16-31-17-22-13-26(19-31)28-11-10-27(29(33)32(28)18-22)25-9-8-23-6-1-2-7-24(23)14-25/h1-12,14,22,26H,13,16-19H2. The van der Waals surface area contributed by atoms with E-state index in [1.807, 2.05) is 41.0 Å². The highest BCUT2D eigenvalue weighted by atomic mass is 16.1. The Kier molecular flexibility index (Phi) is 4.86. The lowest BCUT2D eigenvalue weighted by Gasteiger charge is -2.43. The van der Waals surface area contributed by atoms with E-state index in [9.17, 15) is 10.1 Å². The molecule has 1 fully saturated rings. The van der Waals surface area contributed by atoms with Crippen LogP contribution in [0.3, 0.4) is 0 Å². The molecule has 0 amide bonds. The minimum absolute atomic E-state index is 0.132. The summed E-state index contributed by atoms with van der Waals surface area (Å²) in [5.41, 5.74) is 4.96. The molecule has 0 radical (unpaired) electrons. The molecule has 4 heteroatoms. The van der Waals surface area contributed by atoms with Gasteiger partial charge < -0.3 is 4.57 Å². The first-order valence-corrected chi connectivity index (χ1v) is 11.6. The van der Waals surface area contributed by atoms with Crippen LogP contribution in [0.4, 0.5) is 0 Å². The molecule has 4 aromatic rings. The smallest absolute Gasteiger partial charge is 0.258 e. The van der Waals surface area contributed by atoms with Gasteiger partial charge in [-0.3, -0.25) is 9.69 Å². The van der Waals surface area contributed by atoms with Gasteiger partial charge in [-0.05, 0) is 64.6 Å². The Morgan fingerprint density at radius 1 is 0.879 bits per heavy atom. The predicted octanol–water partition coefficient (Wildman–Crippen LogP) is 5.16. The van der Waals surface area contributed by atoms with Gasteiger partial charge in [-0.15, -0.1) is 0 Å². The molecule has 3 heterocycles. The minimum atomic E-state index is 0.132. The molecule has 162 valence electrons. The molecule has 2 aliphatic heterocycles. The summed E-state index contributed by atoms with van der Waals surface area (Å²) in [5, 5.41) is 11.5. The number of pyridine rings is 1. The molecule has 2 bridgehead atoms. The van der Waals surface area contributed by atoms with Gasteiger partial charge in [0.15, 0.2) is 0 Å². The quantitative estimate of drug-likeness (QED) is 0.450. The maximum Gasteiger partial charge on any atom is 0.258 e. The zero-order chi connectivity index (χ0) is 22.4. The van der Waals surface area contributed by atoms with Crippen molar-refractivity contribution in [3.8, 4) is 17.2 Å². The minimum Gasteiger partial charge on any atom is -0.311 e. The summed E-state index contributed by atoms with van der Waals surface area (Å²) in [6.45, 7) is 3.56. The number of piperidine rings is 1. The second kappa shape index (κ2) is 8.03. The molecule has 0 aliphatic carbocycles. The van der Waals surface area contributed by atoms with Crippen LogP contribution < -0.4 is 5.56 Å². The molecule has 3 aromatic carbocycles. The molecular formula is C29H25N3O. The van der Waals surface area contributed by atoms with E-state index in [1.165, 1.54) is 10.9 Å². The number of likely N-dealkylation sites (tertiary alicyclic amines) is 1. The van der Waals surface area contributed by atoms with E-state index in [1.54, 1.807) is 0 Å². The normalized spacial score (nSPS) is 19.7. The van der Waals surface area contributed by atoms with Crippen LogP contribution in [-0.4, -0.2) is 22.6 Å². The first-order chi connectivity index (χ1) is 16.2. The zero-order valence-electron chi connectivity index (χ0n) is 18.4. The first kappa shape index (κ1) is 20.0. The molecule has 0 spiro atoms. The molecule has 0 N–H and O–H groups in total. The number of rotatable bonds is 3. The number of nitrogens with zero attached hydrogens (tertiary/aromatic N) is 3. The van der Waals surface area contributed by atoms with Crippen LogP contribution in [0.1, 0.15) is 29.2 Å². The van der Waals surface area contributed by atoms with Gasteiger partial charge in [0.1, 0.15) is 0 Å². The van der Waals surface area contributed by atoms with Crippen LogP contribution in [0.15, 0.2) is 83.7 Å². The summed E-state index contributed by atoms with van der Waals surface area (Å²) < 4.78 is 2.04. The van der Waals surface area contributed by atoms with E-state index in [4.69, 9.17) is 0 Å². The Bertz CT molecular complexity index is 1460. The lowest BCUT2D eigenvalue weighted by molar-refractivity contribution is 0.114. The van der Waals surface area contributed by atoms with Gasteiger partial charge in [-0.2, -0.15) is 5.26 Å². The van der Waals surface area contributed by atoms with Crippen molar-refractivity contribution in [3.05, 3.63) is 106 Å². The van der Waals surface area contributed by atoms with Crippen LogP contribution in [0.2, 0.25) is 0 Å². The molecule has 2 atom stereocenters. The van der Waals surface area contributed by atoms with E-state index < -0.39 is 0 Å².